The summed E-state index contributed by atoms with van der Waals surface area (Å²) < 4.78 is 17.1. The van der Waals surface area contributed by atoms with E-state index >= 15 is 4.39 Å². The van der Waals surface area contributed by atoms with Crippen LogP contribution >= 0.6 is 11.3 Å². The van der Waals surface area contributed by atoms with Crippen LogP contribution in [0.25, 0.3) is 38.8 Å². The van der Waals surface area contributed by atoms with Crippen LogP contribution in [0.4, 0.5) is 21.0 Å². The molecule has 4 aliphatic heterocycles. The van der Waals surface area contributed by atoms with E-state index in [1.165, 1.54) is 73.0 Å². The van der Waals surface area contributed by atoms with E-state index in [2.05, 4.69) is 150 Å². The van der Waals surface area contributed by atoms with Gasteiger partial charge in [0.05, 0.1) is 27.6 Å². The number of aromatic nitrogens is 2. The zero-order chi connectivity index (χ0) is 53.4. The monoisotopic (exact) mass is 1050 g/mol. The number of piperazine rings is 1. The van der Waals surface area contributed by atoms with Crippen molar-refractivity contribution in [1.82, 2.24) is 30.0 Å². The number of rotatable bonds is 17. The molecule has 1 aliphatic carbocycles. The number of likely N-dealkylation sites (tertiary alicyclic amines) is 1. The molecule has 9 nitrogen and oxygen atoms in total. The smallest absolute Gasteiger partial charge is 0.188 e. The van der Waals surface area contributed by atoms with Gasteiger partial charge in [-0.1, -0.05) is 99.3 Å². The fourth-order valence-corrected chi connectivity index (χ4v) is 14.2. The van der Waals surface area contributed by atoms with Crippen LogP contribution in [0.1, 0.15) is 89.6 Å². The lowest BCUT2D eigenvalue weighted by Gasteiger charge is -2.53. The number of nitrogens with zero attached hydrogens (tertiary/aromatic N) is 7. The van der Waals surface area contributed by atoms with Crippen LogP contribution in [0.2, 0.25) is 0 Å². The van der Waals surface area contributed by atoms with Gasteiger partial charge in [0, 0.05) is 91.8 Å². The Kier molecular flexibility index (Phi) is 15.1. The summed E-state index contributed by atoms with van der Waals surface area (Å²) >= 11 is 1.65. The zero-order valence-corrected chi connectivity index (χ0v) is 46.3. The third-order valence-corrected chi connectivity index (χ3v) is 18.8. The quantitative estimate of drug-likeness (QED) is 0.0930. The van der Waals surface area contributed by atoms with Gasteiger partial charge in [-0.25, -0.2) is 14.4 Å². The van der Waals surface area contributed by atoms with E-state index in [1.54, 1.807) is 23.6 Å². The van der Waals surface area contributed by atoms with Crippen molar-refractivity contribution in [3.05, 3.63) is 192 Å². The van der Waals surface area contributed by atoms with Crippen molar-refractivity contribution in [1.29, 1.82) is 0 Å². The van der Waals surface area contributed by atoms with E-state index in [4.69, 9.17) is 9.97 Å². The fourth-order valence-electron chi connectivity index (χ4n) is 13.3. The van der Waals surface area contributed by atoms with Crippen molar-refractivity contribution in [2.45, 2.75) is 84.2 Å². The number of halogens is 1. The van der Waals surface area contributed by atoms with E-state index < -0.39 is 0 Å². The summed E-state index contributed by atoms with van der Waals surface area (Å²) in [4.78, 5) is 22.0. The molecule has 3 saturated heterocycles. The summed E-state index contributed by atoms with van der Waals surface area (Å²) in [6.45, 7) is 39.5. The Morgan fingerprint density at radius 2 is 1.60 bits per heavy atom. The number of piperidine rings is 2. The topological polar surface area (TPSA) is 66.0 Å². The van der Waals surface area contributed by atoms with Crippen LogP contribution < -0.4 is 20.4 Å². The van der Waals surface area contributed by atoms with E-state index in [1.807, 2.05) is 23.1 Å². The van der Waals surface area contributed by atoms with E-state index in [9.17, 15) is 0 Å². The molecule has 11 heteroatoms. The Hall–Kier alpha value is -6.79. The number of fused-ring (bicyclic) bond motifs is 2. The molecule has 1 saturated carbocycles. The second kappa shape index (κ2) is 22.3. The van der Waals surface area contributed by atoms with E-state index in [-0.39, 0.29) is 11.9 Å². The molecule has 1 spiro atoms. The summed E-state index contributed by atoms with van der Waals surface area (Å²) in [6.07, 6.45) is 14.1. The van der Waals surface area contributed by atoms with Gasteiger partial charge in [0.15, 0.2) is 5.13 Å². The molecule has 6 heterocycles. The average Bonchev–Trinajstić information content (AvgIpc) is 3.86. The van der Waals surface area contributed by atoms with Gasteiger partial charge in [0.2, 0.25) is 0 Å². The predicted molar refractivity (Wildman–Crippen MR) is 322 cm³/mol. The Morgan fingerprint density at radius 3 is 2.35 bits per heavy atom. The number of benzene rings is 4. The van der Waals surface area contributed by atoms with Gasteiger partial charge in [-0.2, -0.15) is 0 Å². The maximum Gasteiger partial charge on any atom is 0.188 e. The second-order valence-corrected chi connectivity index (χ2v) is 23.6. The highest BCUT2D eigenvalue weighted by molar-refractivity contribution is 7.22. The summed E-state index contributed by atoms with van der Waals surface area (Å²) in [6, 6.07) is 29.7. The van der Waals surface area contributed by atoms with Gasteiger partial charge >= 0.3 is 0 Å². The number of nitrogens with one attached hydrogen (secondary N) is 2. The molecule has 0 bridgehead atoms. The number of allylic oxidation sites excluding steroid dienone is 1. The molecule has 4 fully saturated rings. The molecular formula is C66H76FN9S. The first-order valence-corrected chi connectivity index (χ1v) is 28.8. The van der Waals surface area contributed by atoms with Gasteiger partial charge in [-0.05, 0) is 178 Å². The summed E-state index contributed by atoms with van der Waals surface area (Å²) in [5.74, 6) is 1.57. The second-order valence-electron chi connectivity index (χ2n) is 22.5. The first-order valence-electron chi connectivity index (χ1n) is 28.0. The maximum absolute atomic E-state index is 15.9. The number of para-hydroxylation sites is 1. The molecule has 2 N–H and O–H groups in total. The normalized spacial score (nSPS) is 18.9. The highest BCUT2D eigenvalue weighted by atomic mass is 32.1. The highest BCUT2D eigenvalue weighted by Gasteiger charge is 2.45. The van der Waals surface area contributed by atoms with Gasteiger partial charge in [0.1, 0.15) is 11.6 Å². The van der Waals surface area contributed by atoms with Crippen molar-refractivity contribution >= 4 is 55.7 Å². The van der Waals surface area contributed by atoms with Crippen molar-refractivity contribution in [3.63, 3.8) is 0 Å². The number of aryl methyl sites for hydroxylation is 2. The van der Waals surface area contributed by atoms with Gasteiger partial charge in [-0.15, -0.1) is 0 Å². The standard InChI is InChI=1S/C66H76FN9S/c1-9-59-55(24-26-64(70-59)75-30-27-52-16-14-18-54(57(52)43-75)47(6)69-65-71-60-19-11-12-20-63(60)77-65)53-17-13-15-51(46(53)5)23-22-50-41-66(42-50)28-31-72(32-29-66)33-34-73-35-37-74(38-36-73)62-39-44(3)56(40-58(62)67)49(8)76(10-2)61-25-21-45(4)68-48(61)7/h9-20,24,26,39-40,50,61,68H,1-2,4,6-8,21-23,25,27-38,41-43H2,3,5H3,(H,69,71). The van der Waals surface area contributed by atoms with Gasteiger partial charge < -0.3 is 30.2 Å². The van der Waals surface area contributed by atoms with Crippen molar-refractivity contribution in [2.24, 2.45) is 11.3 Å². The first-order chi connectivity index (χ1) is 37.3. The van der Waals surface area contributed by atoms with Gasteiger partial charge in [-0.3, -0.25) is 4.90 Å². The summed E-state index contributed by atoms with van der Waals surface area (Å²) in [7, 11) is 0. The Balaban J connectivity index is 0.631. The minimum Gasteiger partial charge on any atom is -0.367 e. The van der Waals surface area contributed by atoms with Crippen molar-refractivity contribution in [3.8, 4) is 11.1 Å². The number of hydrogen-bond donors (Lipinski definition) is 2. The molecule has 6 aromatic rings. The molecule has 11 rings (SSSR count). The molecule has 4 aromatic carbocycles. The fraction of sp³-hybridized carbons (Fsp3) is 0.364. The minimum atomic E-state index is -0.199. The molecule has 77 heavy (non-hydrogen) atoms. The van der Waals surface area contributed by atoms with Crippen LogP contribution in [0.5, 0.6) is 0 Å². The predicted octanol–water partition coefficient (Wildman–Crippen LogP) is 13.8. The number of anilines is 3. The molecule has 1 unspecified atom stereocenters. The van der Waals surface area contributed by atoms with E-state index in [0.29, 0.717) is 11.1 Å². The minimum absolute atomic E-state index is 0.00818. The zero-order valence-electron chi connectivity index (χ0n) is 45.5. The maximum atomic E-state index is 15.9. The van der Waals surface area contributed by atoms with Crippen LogP contribution in [0.3, 0.4) is 0 Å². The van der Waals surface area contributed by atoms with E-state index in [0.717, 1.165) is 156 Å². The van der Waals surface area contributed by atoms with Gasteiger partial charge in [0.25, 0.3) is 0 Å². The third-order valence-electron chi connectivity index (χ3n) is 17.8. The average molecular weight is 1050 g/mol. The molecule has 2 aromatic heterocycles. The summed E-state index contributed by atoms with van der Waals surface area (Å²) in [5.41, 5.74) is 17.3. The molecule has 398 valence electrons. The number of hydrogen-bond acceptors (Lipinski definition) is 10. The van der Waals surface area contributed by atoms with Crippen molar-refractivity contribution in [2.75, 3.05) is 74.0 Å². The van der Waals surface area contributed by atoms with Crippen LogP contribution in [-0.4, -0.2) is 89.6 Å². The Morgan fingerprint density at radius 1 is 0.831 bits per heavy atom. The van der Waals surface area contributed by atoms with Crippen molar-refractivity contribution < 1.29 is 4.39 Å². The molecule has 1 atom stereocenters. The van der Waals surface area contributed by atoms with Crippen LogP contribution in [0, 0.1) is 31.0 Å². The molecular weight excluding hydrogens is 970 g/mol. The molecule has 0 radical (unpaired) electrons. The highest BCUT2D eigenvalue weighted by Crippen LogP contribution is 2.54. The largest absolute Gasteiger partial charge is 0.367 e. The van der Waals surface area contributed by atoms with Crippen LogP contribution in [0.15, 0.2) is 142 Å². The Bertz CT molecular complexity index is 3220. The lowest BCUT2D eigenvalue weighted by molar-refractivity contribution is -0.0175. The first kappa shape index (κ1) is 52.3. The lowest BCUT2D eigenvalue weighted by atomic mass is 9.56. The number of pyridine rings is 1. The third kappa shape index (κ3) is 10.9. The lowest BCUT2D eigenvalue weighted by Crippen LogP contribution is -2.51. The van der Waals surface area contributed by atoms with Crippen LogP contribution in [-0.2, 0) is 19.4 Å². The summed E-state index contributed by atoms with van der Waals surface area (Å²) in [5, 5.41) is 7.66. The Labute approximate surface area is 460 Å². The molecule has 5 aliphatic rings. The number of thiazole rings is 1. The molecule has 0 amide bonds. The SMILES string of the molecule is C=Cc1nc(N2CCc3cccc(C(=C)Nc4nc5ccccc5s4)c3C2)ccc1-c1cccc(CCC2CC3(CCN(CCN4CCN(c5cc(C)c(C(=C)N(C=C)C6CCC(=C)NC6=C)cc5F)CC4)CC3)C2)c1C.